The first-order valence-electron chi connectivity index (χ1n) is 7.97. The van der Waals surface area contributed by atoms with Crippen LogP contribution < -0.4 is 9.64 Å². The predicted octanol–water partition coefficient (Wildman–Crippen LogP) is 4.20. The monoisotopic (exact) mass is 384 g/mol. The number of halogens is 4. The number of anilines is 1. The van der Waals surface area contributed by atoms with Crippen LogP contribution in [0.3, 0.4) is 0 Å². The van der Waals surface area contributed by atoms with Gasteiger partial charge in [-0.1, -0.05) is 17.7 Å². The first kappa shape index (κ1) is 18.4. The Morgan fingerprint density at radius 3 is 2.23 bits per heavy atom. The highest BCUT2D eigenvalue weighted by atomic mass is 35.5. The number of carbonyl (C=O) groups is 1. The third kappa shape index (κ3) is 4.60. The summed E-state index contributed by atoms with van der Waals surface area (Å²) in [7, 11) is 0. The van der Waals surface area contributed by atoms with Crippen LogP contribution in [0.4, 0.5) is 18.9 Å². The van der Waals surface area contributed by atoms with Crippen molar-refractivity contribution < 1.29 is 22.7 Å². The summed E-state index contributed by atoms with van der Waals surface area (Å²) in [5, 5.41) is 0.655. The molecule has 1 aliphatic heterocycles. The zero-order valence-corrected chi connectivity index (χ0v) is 14.4. The van der Waals surface area contributed by atoms with Gasteiger partial charge in [0.05, 0.1) is 0 Å². The van der Waals surface area contributed by atoms with Crippen molar-refractivity contribution in [3.63, 3.8) is 0 Å². The van der Waals surface area contributed by atoms with Crippen LogP contribution in [-0.2, 0) is 0 Å². The van der Waals surface area contributed by atoms with E-state index >= 15 is 0 Å². The molecule has 0 spiro atoms. The molecule has 0 saturated carbocycles. The van der Waals surface area contributed by atoms with Gasteiger partial charge >= 0.3 is 6.36 Å². The van der Waals surface area contributed by atoms with Gasteiger partial charge in [0.25, 0.3) is 5.91 Å². The molecular formula is C18H16ClF3N2O2. The van der Waals surface area contributed by atoms with Crippen LogP contribution in [-0.4, -0.2) is 43.3 Å². The minimum absolute atomic E-state index is 0.214. The minimum Gasteiger partial charge on any atom is -0.406 e. The molecule has 2 aromatic carbocycles. The smallest absolute Gasteiger partial charge is 0.406 e. The maximum atomic E-state index is 12.5. The molecule has 0 N–H and O–H groups in total. The Hall–Kier alpha value is -2.41. The van der Waals surface area contributed by atoms with Gasteiger partial charge in [-0.3, -0.25) is 4.79 Å². The van der Waals surface area contributed by atoms with E-state index in [1.807, 2.05) is 18.2 Å². The third-order valence-electron chi connectivity index (χ3n) is 4.08. The summed E-state index contributed by atoms with van der Waals surface area (Å²) >= 11 is 6.00. The van der Waals surface area contributed by atoms with Crippen molar-refractivity contribution in [2.24, 2.45) is 0 Å². The van der Waals surface area contributed by atoms with Crippen molar-refractivity contribution in [3.05, 3.63) is 59.1 Å². The molecule has 26 heavy (non-hydrogen) atoms. The minimum atomic E-state index is -4.75. The molecule has 0 atom stereocenters. The van der Waals surface area contributed by atoms with E-state index in [1.165, 1.54) is 12.1 Å². The van der Waals surface area contributed by atoms with Crippen molar-refractivity contribution in [1.29, 1.82) is 0 Å². The SMILES string of the molecule is O=C(c1ccc(OC(F)(F)F)cc1)N1CCN(c2cccc(Cl)c2)CC1. The van der Waals surface area contributed by atoms with Crippen molar-refractivity contribution in [2.45, 2.75) is 6.36 Å². The number of piperazine rings is 1. The van der Waals surface area contributed by atoms with E-state index in [4.69, 9.17) is 11.6 Å². The lowest BCUT2D eigenvalue weighted by Gasteiger charge is -2.36. The Balaban J connectivity index is 1.60. The average molecular weight is 385 g/mol. The molecular weight excluding hydrogens is 369 g/mol. The molecule has 1 amide bonds. The number of rotatable bonds is 3. The van der Waals surface area contributed by atoms with Gasteiger partial charge in [-0.25, -0.2) is 0 Å². The van der Waals surface area contributed by atoms with Gasteiger partial charge in [-0.2, -0.15) is 0 Å². The van der Waals surface area contributed by atoms with Crippen LogP contribution >= 0.6 is 11.6 Å². The lowest BCUT2D eigenvalue weighted by Crippen LogP contribution is -2.48. The number of carbonyl (C=O) groups excluding carboxylic acids is 1. The normalized spacial score (nSPS) is 15.1. The van der Waals surface area contributed by atoms with Gasteiger partial charge in [0.1, 0.15) is 5.75 Å². The van der Waals surface area contributed by atoms with Gasteiger partial charge in [0, 0.05) is 42.5 Å². The van der Waals surface area contributed by atoms with Gasteiger partial charge < -0.3 is 14.5 Å². The molecule has 4 nitrogen and oxygen atoms in total. The topological polar surface area (TPSA) is 32.8 Å². The standard InChI is InChI=1S/C18H16ClF3N2O2/c19-14-2-1-3-15(12-14)23-8-10-24(11-9-23)17(25)13-4-6-16(7-5-13)26-18(20,21)22/h1-7,12H,8-11H2. The molecule has 0 aromatic heterocycles. The Kier molecular flexibility index (Phi) is 5.27. The number of benzene rings is 2. The van der Waals surface area contributed by atoms with Crippen molar-refractivity contribution in [1.82, 2.24) is 4.90 Å². The van der Waals surface area contributed by atoms with Crippen LogP contribution in [0.1, 0.15) is 10.4 Å². The Morgan fingerprint density at radius 2 is 1.65 bits per heavy atom. The Morgan fingerprint density at radius 1 is 1.00 bits per heavy atom. The fourth-order valence-electron chi connectivity index (χ4n) is 2.82. The molecule has 8 heteroatoms. The lowest BCUT2D eigenvalue weighted by atomic mass is 10.1. The van der Waals surface area contributed by atoms with Crippen LogP contribution in [0, 0.1) is 0 Å². The molecule has 0 unspecified atom stereocenters. The summed E-state index contributed by atoms with van der Waals surface area (Å²) in [4.78, 5) is 16.3. The molecule has 0 radical (unpaired) electrons. The van der Waals surface area contributed by atoms with E-state index in [0.29, 0.717) is 36.8 Å². The Bertz CT molecular complexity index is 773. The largest absolute Gasteiger partial charge is 0.573 e. The second-order valence-electron chi connectivity index (χ2n) is 5.83. The summed E-state index contributed by atoms with van der Waals surface area (Å²) < 4.78 is 40.4. The van der Waals surface area contributed by atoms with E-state index in [9.17, 15) is 18.0 Å². The van der Waals surface area contributed by atoms with E-state index in [2.05, 4.69) is 9.64 Å². The fourth-order valence-corrected chi connectivity index (χ4v) is 3.01. The molecule has 1 fully saturated rings. The number of nitrogens with zero attached hydrogens (tertiary/aromatic N) is 2. The first-order chi connectivity index (χ1) is 12.3. The van der Waals surface area contributed by atoms with Gasteiger partial charge in [-0.15, -0.1) is 13.2 Å². The first-order valence-corrected chi connectivity index (χ1v) is 8.35. The van der Waals surface area contributed by atoms with Crippen LogP contribution in [0.5, 0.6) is 5.75 Å². The van der Waals surface area contributed by atoms with Crippen molar-refractivity contribution in [3.8, 4) is 5.75 Å². The van der Waals surface area contributed by atoms with Crippen molar-refractivity contribution >= 4 is 23.2 Å². The number of hydrogen-bond donors (Lipinski definition) is 0. The zero-order valence-electron chi connectivity index (χ0n) is 13.7. The van der Waals surface area contributed by atoms with E-state index in [-0.39, 0.29) is 11.7 Å². The van der Waals surface area contributed by atoms with Crippen molar-refractivity contribution in [2.75, 3.05) is 31.1 Å². The third-order valence-corrected chi connectivity index (χ3v) is 4.31. The number of ether oxygens (including phenoxy) is 1. The molecule has 1 heterocycles. The maximum absolute atomic E-state index is 12.5. The van der Waals surface area contributed by atoms with E-state index < -0.39 is 6.36 Å². The summed E-state index contributed by atoms with van der Waals surface area (Å²) in [6, 6.07) is 12.5. The zero-order chi connectivity index (χ0) is 18.7. The molecule has 0 bridgehead atoms. The number of hydrogen-bond acceptors (Lipinski definition) is 3. The number of alkyl halides is 3. The van der Waals surface area contributed by atoms with Crippen LogP contribution in [0.15, 0.2) is 48.5 Å². The quantitative estimate of drug-likeness (QED) is 0.795. The molecule has 2 aromatic rings. The fraction of sp³-hybridized carbons (Fsp3) is 0.278. The summed E-state index contributed by atoms with van der Waals surface area (Å²) in [5.41, 5.74) is 1.33. The summed E-state index contributed by atoms with van der Waals surface area (Å²) in [5.74, 6) is -0.561. The maximum Gasteiger partial charge on any atom is 0.573 e. The number of amides is 1. The molecule has 0 aliphatic carbocycles. The molecule has 1 aliphatic rings. The van der Waals surface area contributed by atoms with Gasteiger partial charge in [0.15, 0.2) is 0 Å². The average Bonchev–Trinajstić information content (AvgIpc) is 2.61. The highest BCUT2D eigenvalue weighted by Gasteiger charge is 2.31. The predicted molar refractivity (Wildman–Crippen MR) is 92.7 cm³/mol. The van der Waals surface area contributed by atoms with Gasteiger partial charge in [0.2, 0.25) is 0 Å². The second kappa shape index (κ2) is 7.45. The van der Waals surface area contributed by atoms with Gasteiger partial charge in [-0.05, 0) is 42.5 Å². The van der Waals surface area contributed by atoms with Crippen LogP contribution in [0.2, 0.25) is 5.02 Å². The lowest BCUT2D eigenvalue weighted by molar-refractivity contribution is -0.274. The summed E-state index contributed by atoms with van der Waals surface area (Å²) in [6.07, 6.45) is -4.75. The van der Waals surface area contributed by atoms with E-state index in [1.54, 1.807) is 11.0 Å². The summed E-state index contributed by atoms with van der Waals surface area (Å²) in [6.45, 7) is 2.35. The highest BCUT2D eigenvalue weighted by molar-refractivity contribution is 6.30. The van der Waals surface area contributed by atoms with Crippen LogP contribution in [0.25, 0.3) is 0 Å². The molecule has 1 saturated heterocycles. The second-order valence-corrected chi connectivity index (χ2v) is 6.27. The Labute approximate surface area is 153 Å². The molecule has 3 rings (SSSR count). The van der Waals surface area contributed by atoms with E-state index in [0.717, 1.165) is 17.8 Å². The molecule has 138 valence electrons. The highest BCUT2D eigenvalue weighted by Crippen LogP contribution is 2.24.